The zero-order valence-corrected chi connectivity index (χ0v) is 18.0. The van der Waals surface area contributed by atoms with E-state index >= 15 is 0 Å². The average Bonchev–Trinajstić information content (AvgIpc) is 3.06. The molecule has 2 aromatic rings. The monoisotopic (exact) mass is 440 g/mol. The number of para-hydroxylation sites is 1. The Balaban J connectivity index is 1.61. The SMILES string of the molecule is COC(=O)c1cc(N2CCC3(C2)CC3(F)F)c(C(=N)C2CCC2)c(Nc2ccccc2)n1. The molecular weight excluding hydrogens is 414 g/mol. The Kier molecular flexibility index (Phi) is 4.91. The molecule has 3 aliphatic rings. The molecule has 1 atom stereocenters. The number of ether oxygens (including phenoxy) is 1. The third-order valence-corrected chi connectivity index (χ3v) is 7.12. The lowest BCUT2D eigenvalue weighted by Gasteiger charge is -2.31. The zero-order chi connectivity index (χ0) is 22.5. The normalized spacial score (nSPS) is 23.7. The van der Waals surface area contributed by atoms with Gasteiger partial charge in [-0.05, 0) is 37.5 Å². The lowest BCUT2D eigenvalue weighted by Crippen LogP contribution is -2.29. The number of esters is 1. The summed E-state index contributed by atoms with van der Waals surface area (Å²) in [5, 5.41) is 12.2. The molecule has 0 bridgehead atoms. The largest absolute Gasteiger partial charge is 0.464 e. The number of hydrogen-bond acceptors (Lipinski definition) is 6. The maximum absolute atomic E-state index is 14.1. The third-order valence-electron chi connectivity index (χ3n) is 7.12. The van der Waals surface area contributed by atoms with Gasteiger partial charge in [-0.2, -0.15) is 0 Å². The predicted octanol–water partition coefficient (Wildman–Crippen LogP) is 5.02. The van der Waals surface area contributed by atoms with Gasteiger partial charge in [0.1, 0.15) is 5.82 Å². The summed E-state index contributed by atoms with van der Waals surface area (Å²) in [5.41, 5.74) is 1.50. The van der Waals surface area contributed by atoms with Gasteiger partial charge >= 0.3 is 5.97 Å². The summed E-state index contributed by atoms with van der Waals surface area (Å²) in [6.45, 7) is 0.663. The molecule has 2 heterocycles. The first-order valence-electron chi connectivity index (χ1n) is 11.0. The van der Waals surface area contributed by atoms with Crippen LogP contribution < -0.4 is 10.2 Å². The summed E-state index contributed by atoms with van der Waals surface area (Å²) < 4.78 is 33.1. The predicted molar refractivity (Wildman–Crippen MR) is 118 cm³/mol. The number of carbonyl (C=O) groups excluding carboxylic acids is 1. The fraction of sp³-hybridized carbons (Fsp3) is 0.458. The van der Waals surface area contributed by atoms with E-state index in [0.717, 1.165) is 24.9 Å². The van der Waals surface area contributed by atoms with Crippen LogP contribution in [0.2, 0.25) is 0 Å². The summed E-state index contributed by atoms with van der Waals surface area (Å²) in [7, 11) is 1.29. The van der Waals surface area contributed by atoms with Gasteiger partial charge in [0, 0.05) is 36.8 Å². The summed E-state index contributed by atoms with van der Waals surface area (Å²) >= 11 is 0. The molecule has 168 valence electrons. The van der Waals surface area contributed by atoms with Crippen molar-refractivity contribution in [2.75, 3.05) is 30.4 Å². The van der Waals surface area contributed by atoms with Crippen molar-refractivity contribution in [1.29, 1.82) is 5.41 Å². The summed E-state index contributed by atoms with van der Waals surface area (Å²) in [6.07, 6.45) is 3.20. The second kappa shape index (κ2) is 7.53. The molecule has 6 nitrogen and oxygen atoms in total. The zero-order valence-electron chi connectivity index (χ0n) is 18.0. The van der Waals surface area contributed by atoms with E-state index in [0.29, 0.717) is 35.7 Å². The van der Waals surface area contributed by atoms with Gasteiger partial charge in [-0.15, -0.1) is 0 Å². The number of alkyl halides is 2. The Morgan fingerprint density at radius 2 is 2.00 bits per heavy atom. The Morgan fingerprint density at radius 3 is 2.56 bits per heavy atom. The highest BCUT2D eigenvalue weighted by atomic mass is 19.3. The van der Waals surface area contributed by atoms with E-state index in [2.05, 4.69) is 10.3 Å². The maximum atomic E-state index is 14.1. The molecule has 1 unspecified atom stereocenters. The molecule has 32 heavy (non-hydrogen) atoms. The van der Waals surface area contributed by atoms with Crippen molar-refractivity contribution in [3.63, 3.8) is 0 Å². The van der Waals surface area contributed by atoms with E-state index in [9.17, 15) is 13.6 Å². The van der Waals surface area contributed by atoms with E-state index in [-0.39, 0.29) is 24.6 Å². The fourth-order valence-corrected chi connectivity index (χ4v) is 4.81. The molecule has 1 aliphatic heterocycles. The second-order valence-electron chi connectivity index (χ2n) is 9.11. The number of carbonyl (C=O) groups is 1. The number of methoxy groups -OCH3 is 1. The van der Waals surface area contributed by atoms with Gasteiger partial charge in [-0.3, -0.25) is 0 Å². The summed E-state index contributed by atoms with van der Waals surface area (Å²) in [6, 6.07) is 11.0. The van der Waals surface area contributed by atoms with Crippen molar-refractivity contribution in [3.8, 4) is 0 Å². The number of pyridine rings is 1. The van der Waals surface area contributed by atoms with Crippen LogP contribution in [-0.2, 0) is 4.74 Å². The molecule has 1 spiro atoms. The highest BCUT2D eigenvalue weighted by Gasteiger charge is 2.72. The molecular formula is C24H26F2N4O2. The first-order valence-corrected chi connectivity index (χ1v) is 11.0. The van der Waals surface area contributed by atoms with E-state index in [1.165, 1.54) is 7.11 Å². The van der Waals surface area contributed by atoms with Crippen LogP contribution in [0.15, 0.2) is 36.4 Å². The van der Waals surface area contributed by atoms with Crippen molar-refractivity contribution >= 4 is 28.9 Å². The molecule has 1 saturated heterocycles. The van der Waals surface area contributed by atoms with Crippen molar-refractivity contribution in [3.05, 3.63) is 47.7 Å². The van der Waals surface area contributed by atoms with Gasteiger partial charge in [0.2, 0.25) is 0 Å². The Hall–Kier alpha value is -3.03. The summed E-state index contributed by atoms with van der Waals surface area (Å²) in [5.74, 6) is -2.76. The standard InChI is InChI=1S/C24H26F2N4O2/c1-32-22(31)17-12-18(30-11-10-23(14-30)13-24(23,25)26)19(20(27)15-6-5-7-15)21(29-17)28-16-8-3-2-4-9-16/h2-4,8-9,12,15,27H,5-7,10-11,13-14H2,1H3,(H,28,29). The Labute approximate surface area is 185 Å². The van der Waals surface area contributed by atoms with Crippen molar-refractivity contribution in [1.82, 2.24) is 4.98 Å². The first kappa shape index (κ1) is 20.8. The minimum atomic E-state index is -2.65. The van der Waals surface area contributed by atoms with Crippen LogP contribution in [0.1, 0.15) is 48.2 Å². The van der Waals surface area contributed by atoms with E-state index in [1.807, 2.05) is 35.2 Å². The summed E-state index contributed by atoms with van der Waals surface area (Å²) in [4.78, 5) is 18.8. The van der Waals surface area contributed by atoms with Gasteiger partial charge in [-0.25, -0.2) is 18.6 Å². The number of anilines is 3. The highest BCUT2D eigenvalue weighted by molar-refractivity contribution is 6.10. The van der Waals surface area contributed by atoms with Gasteiger partial charge in [0.15, 0.2) is 5.69 Å². The highest BCUT2D eigenvalue weighted by Crippen LogP contribution is 2.65. The van der Waals surface area contributed by atoms with Crippen LogP contribution >= 0.6 is 0 Å². The van der Waals surface area contributed by atoms with E-state index in [1.54, 1.807) is 6.07 Å². The number of hydrogen-bond donors (Lipinski definition) is 2. The lowest BCUT2D eigenvalue weighted by molar-refractivity contribution is 0.0593. The van der Waals surface area contributed by atoms with Crippen molar-refractivity contribution in [2.24, 2.45) is 11.3 Å². The van der Waals surface area contributed by atoms with E-state index < -0.39 is 17.3 Å². The molecule has 1 aromatic carbocycles. The van der Waals surface area contributed by atoms with E-state index in [4.69, 9.17) is 10.1 Å². The van der Waals surface area contributed by atoms with Crippen LogP contribution in [0.5, 0.6) is 0 Å². The third kappa shape index (κ3) is 3.42. The second-order valence-corrected chi connectivity index (χ2v) is 9.11. The molecule has 2 saturated carbocycles. The van der Waals surface area contributed by atoms with Gasteiger partial charge < -0.3 is 20.4 Å². The number of rotatable bonds is 6. The molecule has 2 aliphatic carbocycles. The van der Waals surface area contributed by atoms with Crippen LogP contribution in [0, 0.1) is 16.7 Å². The molecule has 5 rings (SSSR count). The lowest BCUT2D eigenvalue weighted by atomic mass is 9.79. The molecule has 2 N–H and O–H groups in total. The molecule has 0 amide bonds. The van der Waals surface area contributed by atoms with Crippen molar-refractivity contribution < 1.29 is 18.3 Å². The van der Waals surface area contributed by atoms with Gasteiger partial charge in [0.25, 0.3) is 5.92 Å². The topological polar surface area (TPSA) is 78.3 Å². The van der Waals surface area contributed by atoms with Crippen LogP contribution in [0.3, 0.4) is 0 Å². The quantitative estimate of drug-likeness (QED) is 0.487. The Bertz CT molecular complexity index is 1070. The molecule has 0 radical (unpaired) electrons. The van der Waals surface area contributed by atoms with Gasteiger partial charge in [-0.1, -0.05) is 24.6 Å². The maximum Gasteiger partial charge on any atom is 0.356 e. The van der Waals surface area contributed by atoms with Crippen molar-refractivity contribution in [2.45, 2.75) is 38.0 Å². The smallest absolute Gasteiger partial charge is 0.356 e. The number of nitrogens with one attached hydrogen (secondary N) is 2. The number of nitrogens with zero attached hydrogens (tertiary/aromatic N) is 2. The molecule has 8 heteroatoms. The Morgan fingerprint density at radius 1 is 1.28 bits per heavy atom. The minimum Gasteiger partial charge on any atom is -0.464 e. The van der Waals surface area contributed by atoms with Crippen LogP contribution in [0.25, 0.3) is 0 Å². The van der Waals surface area contributed by atoms with Gasteiger partial charge in [0.05, 0.1) is 23.8 Å². The van der Waals surface area contributed by atoms with Crippen LogP contribution in [0.4, 0.5) is 26.0 Å². The minimum absolute atomic E-state index is 0.0922. The number of halogens is 2. The average molecular weight is 440 g/mol. The molecule has 1 aromatic heterocycles. The number of benzene rings is 1. The number of aromatic nitrogens is 1. The fourth-order valence-electron chi connectivity index (χ4n) is 4.81. The van der Waals surface area contributed by atoms with Crippen LogP contribution in [-0.4, -0.2) is 42.8 Å². The molecule has 3 fully saturated rings. The first-order chi connectivity index (χ1) is 15.3.